The Morgan fingerprint density at radius 3 is 2.85 bits per heavy atom. The molecule has 6 heteroatoms. The molecule has 1 saturated carbocycles. The Bertz CT molecular complexity index is 508. The summed E-state index contributed by atoms with van der Waals surface area (Å²) in [4.78, 5) is 12.2. The zero-order chi connectivity index (χ0) is 14.6. The van der Waals surface area contributed by atoms with Gasteiger partial charge >= 0.3 is 0 Å². The Labute approximate surface area is 132 Å². The molecule has 0 amide bonds. The van der Waals surface area contributed by atoms with Gasteiger partial charge in [0.25, 0.3) is 5.56 Å². The Morgan fingerprint density at radius 1 is 1.55 bits per heavy atom. The zero-order valence-electron chi connectivity index (χ0n) is 12.1. The van der Waals surface area contributed by atoms with E-state index in [2.05, 4.69) is 39.5 Å². The molecule has 4 nitrogen and oxygen atoms in total. The van der Waals surface area contributed by atoms with Crippen molar-refractivity contribution in [3.05, 3.63) is 21.0 Å². The van der Waals surface area contributed by atoms with E-state index in [1.54, 1.807) is 6.20 Å². The third kappa shape index (κ3) is 3.39. The minimum atomic E-state index is -0.0461. The highest BCUT2D eigenvalue weighted by Crippen LogP contribution is 2.42. The number of nitrogens with zero attached hydrogens (tertiary/aromatic N) is 2. The van der Waals surface area contributed by atoms with Gasteiger partial charge in [-0.3, -0.25) is 4.79 Å². The Kier molecular flexibility index (Phi) is 5.55. The first kappa shape index (κ1) is 15.9. The van der Waals surface area contributed by atoms with E-state index in [9.17, 15) is 4.79 Å². The van der Waals surface area contributed by atoms with Crippen LogP contribution in [0, 0.1) is 0 Å². The molecule has 0 aromatic carbocycles. The molecule has 0 atom stereocenters. The van der Waals surface area contributed by atoms with Gasteiger partial charge < -0.3 is 5.32 Å². The Balaban J connectivity index is 2.05. The van der Waals surface area contributed by atoms with Crippen LogP contribution in [0.5, 0.6) is 0 Å². The molecule has 1 aliphatic carbocycles. The Morgan fingerprint density at radius 2 is 2.30 bits per heavy atom. The second kappa shape index (κ2) is 6.98. The molecule has 1 N–H and O–H groups in total. The van der Waals surface area contributed by atoms with E-state index in [1.165, 1.54) is 23.9 Å². The molecule has 0 unspecified atom stereocenters. The van der Waals surface area contributed by atoms with Crippen molar-refractivity contribution < 1.29 is 0 Å². The van der Waals surface area contributed by atoms with Gasteiger partial charge in [-0.1, -0.05) is 19.8 Å². The van der Waals surface area contributed by atoms with Crippen molar-refractivity contribution in [3.8, 4) is 0 Å². The topological polar surface area (TPSA) is 46.9 Å². The van der Waals surface area contributed by atoms with Crippen LogP contribution < -0.4 is 10.9 Å². The first-order valence-corrected chi connectivity index (χ1v) is 9.18. The number of hydrogen-bond acceptors (Lipinski definition) is 4. The molecule has 1 fully saturated rings. The van der Waals surface area contributed by atoms with Crippen LogP contribution in [0.15, 0.2) is 15.5 Å². The summed E-state index contributed by atoms with van der Waals surface area (Å²) >= 11 is 5.33. The van der Waals surface area contributed by atoms with E-state index < -0.39 is 0 Å². The molecular formula is C14H22BrN3OS. The molecule has 2 rings (SSSR count). The van der Waals surface area contributed by atoms with Crippen molar-refractivity contribution in [1.82, 2.24) is 9.78 Å². The summed E-state index contributed by atoms with van der Waals surface area (Å²) in [5.41, 5.74) is 0.762. The van der Waals surface area contributed by atoms with Gasteiger partial charge in [0.1, 0.15) is 4.47 Å². The maximum Gasteiger partial charge on any atom is 0.283 e. The smallest absolute Gasteiger partial charge is 0.283 e. The van der Waals surface area contributed by atoms with Crippen molar-refractivity contribution in [2.75, 3.05) is 18.1 Å². The van der Waals surface area contributed by atoms with E-state index in [0.717, 1.165) is 25.1 Å². The largest absolute Gasteiger partial charge is 0.381 e. The molecule has 0 radical (unpaired) electrons. The summed E-state index contributed by atoms with van der Waals surface area (Å²) in [7, 11) is 0. The van der Waals surface area contributed by atoms with Crippen LogP contribution in [-0.4, -0.2) is 27.3 Å². The molecule has 20 heavy (non-hydrogen) atoms. The first-order chi connectivity index (χ1) is 9.62. The SMILES string of the molecule is CCCCn1ncc(NCC2(SC)CCC2)c(Br)c1=O. The predicted octanol–water partition coefficient (Wildman–Crippen LogP) is 3.50. The van der Waals surface area contributed by atoms with Gasteiger partial charge in [-0.2, -0.15) is 16.9 Å². The lowest BCUT2D eigenvalue weighted by Crippen LogP contribution is -2.40. The highest BCUT2D eigenvalue weighted by Gasteiger charge is 2.35. The van der Waals surface area contributed by atoms with Gasteiger partial charge in [0.15, 0.2) is 0 Å². The maximum absolute atomic E-state index is 12.2. The van der Waals surface area contributed by atoms with Crippen LogP contribution in [-0.2, 0) is 6.54 Å². The van der Waals surface area contributed by atoms with Crippen molar-refractivity contribution >= 4 is 33.4 Å². The minimum Gasteiger partial charge on any atom is -0.381 e. The molecule has 1 aromatic rings. The van der Waals surface area contributed by atoms with E-state index in [-0.39, 0.29) is 5.56 Å². The second-order valence-electron chi connectivity index (χ2n) is 5.35. The third-order valence-corrected chi connectivity index (χ3v) is 6.19. The quantitative estimate of drug-likeness (QED) is 0.809. The molecule has 0 spiro atoms. The van der Waals surface area contributed by atoms with Gasteiger partial charge in [-0.05, 0) is 41.4 Å². The lowest BCUT2D eigenvalue weighted by molar-refractivity contribution is 0.379. The van der Waals surface area contributed by atoms with E-state index >= 15 is 0 Å². The molecule has 1 heterocycles. The standard InChI is InChI=1S/C14H22BrN3OS/c1-3-4-8-18-13(19)12(15)11(9-17-18)16-10-14(20-2)6-5-7-14/h9,16H,3-8,10H2,1-2H3. The number of hydrogen-bond donors (Lipinski definition) is 1. The molecule has 1 aromatic heterocycles. The fourth-order valence-electron chi connectivity index (χ4n) is 2.34. The number of thioether (sulfide) groups is 1. The van der Waals surface area contributed by atoms with Crippen LogP contribution >= 0.6 is 27.7 Å². The van der Waals surface area contributed by atoms with Crippen molar-refractivity contribution in [2.24, 2.45) is 0 Å². The molecule has 0 aliphatic heterocycles. The minimum absolute atomic E-state index is 0.0461. The highest BCUT2D eigenvalue weighted by molar-refractivity contribution is 9.10. The fourth-order valence-corrected chi connectivity index (χ4v) is 3.70. The predicted molar refractivity (Wildman–Crippen MR) is 89.7 cm³/mol. The van der Waals surface area contributed by atoms with Crippen LogP contribution in [0.3, 0.4) is 0 Å². The van der Waals surface area contributed by atoms with Crippen molar-refractivity contribution in [3.63, 3.8) is 0 Å². The van der Waals surface area contributed by atoms with Crippen LogP contribution in [0.1, 0.15) is 39.0 Å². The van der Waals surface area contributed by atoms with Crippen LogP contribution in [0.25, 0.3) is 0 Å². The lowest BCUT2D eigenvalue weighted by atomic mass is 9.84. The number of anilines is 1. The summed E-state index contributed by atoms with van der Waals surface area (Å²) < 4.78 is 2.47. The van der Waals surface area contributed by atoms with Crippen LogP contribution in [0.2, 0.25) is 0 Å². The zero-order valence-corrected chi connectivity index (χ0v) is 14.5. The van der Waals surface area contributed by atoms with Gasteiger partial charge in [0, 0.05) is 17.8 Å². The summed E-state index contributed by atoms with van der Waals surface area (Å²) in [6.07, 6.45) is 9.76. The van der Waals surface area contributed by atoms with Crippen molar-refractivity contribution in [1.29, 1.82) is 0 Å². The number of nitrogens with one attached hydrogen (secondary N) is 1. The van der Waals surface area contributed by atoms with E-state index in [4.69, 9.17) is 0 Å². The summed E-state index contributed by atoms with van der Waals surface area (Å²) in [6.45, 7) is 3.69. The molecule has 0 saturated heterocycles. The maximum atomic E-state index is 12.2. The monoisotopic (exact) mass is 359 g/mol. The number of halogens is 1. The van der Waals surface area contributed by atoms with Gasteiger partial charge in [-0.25, -0.2) is 4.68 Å². The number of aromatic nitrogens is 2. The van der Waals surface area contributed by atoms with Crippen LogP contribution in [0.4, 0.5) is 5.69 Å². The molecule has 1 aliphatic rings. The van der Waals surface area contributed by atoms with Gasteiger partial charge in [0.2, 0.25) is 0 Å². The fraction of sp³-hybridized carbons (Fsp3) is 0.714. The first-order valence-electron chi connectivity index (χ1n) is 7.16. The van der Waals surface area contributed by atoms with E-state index in [0.29, 0.717) is 15.8 Å². The molecular weight excluding hydrogens is 338 g/mol. The third-order valence-electron chi connectivity index (χ3n) is 4.01. The summed E-state index contributed by atoms with van der Waals surface area (Å²) in [6, 6.07) is 0. The number of unbranched alkanes of at least 4 members (excludes halogenated alkanes) is 1. The number of rotatable bonds is 7. The normalized spacial score (nSPS) is 16.8. The summed E-state index contributed by atoms with van der Waals surface area (Å²) in [5, 5.41) is 7.64. The second-order valence-corrected chi connectivity index (χ2v) is 7.42. The lowest BCUT2D eigenvalue weighted by Gasteiger charge is -2.40. The highest BCUT2D eigenvalue weighted by atomic mass is 79.9. The molecule has 112 valence electrons. The Hall–Kier alpha value is -0.490. The van der Waals surface area contributed by atoms with Crippen molar-refractivity contribution in [2.45, 2.75) is 50.3 Å². The van der Waals surface area contributed by atoms with E-state index in [1.807, 2.05) is 11.8 Å². The average Bonchev–Trinajstić information content (AvgIpc) is 2.41. The van der Waals surface area contributed by atoms with Gasteiger partial charge in [-0.15, -0.1) is 0 Å². The average molecular weight is 360 g/mol. The number of aryl methyl sites for hydroxylation is 1. The summed E-state index contributed by atoms with van der Waals surface area (Å²) in [5.74, 6) is 0. The van der Waals surface area contributed by atoms with Gasteiger partial charge in [0.05, 0.1) is 11.9 Å². The molecule has 0 bridgehead atoms.